The monoisotopic (exact) mass is 276 g/mol. The molecule has 1 aliphatic rings. The minimum atomic E-state index is -1.11. The molecule has 2 rings (SSSR count). The number of anilines is 1. The fourth-order valence-corrected chi connectivity index (χ4v) is 2.59. The van der Waals surface area contributed by atoms with Gasteiger partial charge in [-0.2, -0.15) is 5.26 Å². The lowest BCUT2D eigenvalue weighted by molar-refractivity contribution is -0.143. The molecule has 106 valence electrons. The number of rotatable bonds is 3. The minimum absolute atomic E-state index is 0.140. The van der Waals surface area contributed by atoms with E-state index in [0.29, 0.717) is 18.8 Å². The Balaban J connectivity index is 2.25. The minimum Gasteiger partial charge on any atom is -0.480 e. The molecule has 0 radical (unpaired) electrons. The Bertz CT molecular complexity index is 557. The number of benzene rings is 1. The van der Waals surface area contributed by atoms with Gasteiger partial charge in [0.1, 0.15) is 11.4 Å². The van der Waals surface area contributed by atoms with Crippen molar-refractivity contribution in [1.29, 1.82) is 5.26 Å². The van der Waals surface area contributed by atoms with Gasteiger partial charge in [-0.15, -0.1) is 0 Å². The largest absolute Gasteiger partial charge is 0.480 e. The molecule has 0 unspecified atom stereocenters. The molecule has 1 saturated carbocycles. The molecule has 0 atom stereocenters. The van der Waals surface area contributed by atoms with Gasteiger partial charge in [-0.1, -0.05) is 6.92 Å². The van der Waals surface area contributed by atoms with E-state index in [1.807, 2.05) is 6.07 Å². The van der Waals surface area contributed by atoms with E-state index >= 15 is 0 Å². The topological polar surface area (TPSA) is 73.1 Å². The molecule has 2 N–H and O–H groups in total. The van der Waals surface area contributed by atoms with Gasteiger partial charge in [0.05, 0.1) is 17.3 Å². The summed E-state index contributed by atoms with van der Waals surface area (Å²) < 4.78 is 13.9. The van der Waals surface area contributed by atoms with Crippen LogP contribution in [0.3, 0.4) is 0 Å². The maximum Gasteiger partial charge on any atom is 0.329 e. The first-order chi connectivity index (χ1) is 9.47. The molecule has 0 aliphatic heterocycles. The fourth-order valence-electron chi connectivity index (χ4n) is 2.59. The van der Waals surface area contributed by atoms with Crippen LogP contribution in [0.1, 0.15) is 38.2 Å². The average molecular weight is 276 g/mol. The Labute approximate surface area is 117 Å². The molecule has 0 bridgehead atoms. The van der Waals surface area contributed by atoms with E-state index in [2.05, 4.69) is 12.2 Å². The highest BCUT2D eigenvalue weighted by molar-refractivity contribution is 5.83. The molecule has 0 amide bonds. The van der Waals surface area contributed by atoms with E-state index in [1.54, 1.807) is 0 Å². The van der Waals surface area contributed by atoms with Gasteiger partial charge in [0.15, 0.2) is 0 Å². The summed E-state index contributed by atoms with van der Waals surface area (Å²) in [7, 11) is 0. The molecule has 1 aromatic rings. The van der Waals surface area contributed by atoms with E-state index in [1.165, 1.54) is 12.1 Å². The molecule has 20 heavy (non-hydrogen) atoms. The first-order valence-electron chi connectivity index (χ1n) is 6.68. The molecule has 1 aromatic carbocycles. The number of nitrogens with zero attached hydrogens (tertiary/aromatic N) is 1. The van der Waals surface area contributed by atoms with E-state index in [9.17, 15) is 14.3 Å². The smallest absolute Gasteiger partial charge is 0.329 e. The Morgan fingerprint density at radius 2 is 2.15 bits per heavy atom. The number of hydrogen-bond donors (Lipinski definition) is 2. The number of nitriles is 1. The number of carbonyl (C=O) groups is 1. The van der Waals surface area contributed by atoms with Crippen molar-refractivity contribution in [1.82, 2.24) is 0 Å². The van der Waals surface area contributed by atoms with Crippen LogP contribution < -0.4 is 5.32 Å². The Morgan fingerprint density at radius 1 is 1.50 bits per heavy atom. The molecule has 0 spiro atoms. The first kappa shape index (κ1) is 14.3. The maximum atomic E-state index is 13.9. The Kier molecular flexibility index (Phi) is 3.93. The zero-order valence-corrected chi connectivity index (χ0v) is 11.3. The molecular formula is C15H17FN2O2. The van der Waals surface area contributed by atoms with E-state index in [-0.39, 0.29) is 11.3 Å². The molecule has 4 nitrogen and oxygen atoms in total. The number of hydrogen-bond acceptors (Lipinski definition) is 3. The van der Waals surface area contributed by atoms with Crippen molar-refractivity contribution >= 4 is 11.7 Å². The lowest BCUT2D eigenvalue weighted by atomic mass is 9.77. The zero-order valence-electron chi connectivity index (χ0n) is 11.3. The highest BCUT2D eigenvalue weighted by Crippen LogP contribution is 2.35. The summed E-state index contributed by atoms with van der Waals surface area (Å²) in [4.78, 5) is 11.6. The summed E-state index contributed by atoms with van der Waals surface area (Å²) in [5, 5.41) is 21.1. The number of carboxylic acid groups (broad SMARTS) is 1. The Hall–Kier alpha value is -2.09. The van der Waals surface area contributed by atoms with E-state index < -0.39 is 17.3 Å². The second-order valence-corrected chi connectivity index (χ2v) is 5.50. The van der Waals surface area contributed by atoms with Crippen molar-refractivity contribution in [3.8, 4) is 6.07 Å². The number of aliphatic carboxylic acids is 1. The molecular weight excluding hydrogens is 259 g/mol. The van der Waals surface area contributed by atoms with Crippen molar-refractivity contribution in [2.24, 2.45) is 5.92 Å². The number of nitrogens with one attached hydrogen (secondary N) is 1. The first-order valence-corrected chi connectivity index (χ1v) is 6.68. The summed E-state index contributed by atoms with van der Waals surface area (Å²) in [6, 6.07) is 5.87. The SMILES string of the molecule is CC1CCC(Nc2ccc(C#N)cc2F)(C(=O)O)CC1. The quantitative estimate of drug-likeness (QED) is 0.889. The van der Waals surface area contributed by atoms with Gasteiger partial charge in [0.2, 0.25) is 0 Å². The van der Waals surface area contributed by atoms with E-state index in [4.69, 9.17) is 5.26 Å². The van der Waals surface area contributed by atoms with Gasteiger partial charge in [-0.3, -0.25) is 0 Å². The second-order valence-electron chi connectivity index (χ2n) is 5.50. The van der Waals surface area contributed by atoms with Gasteiger partial charge in [-0.25, -0.2) is 9.18 Å². The molecule has 0 saturated heterocycles. The van der Waals surface area contributed by atoms with Crippen LogP contribution >= 0.6 is 0 Å². The molecule has 0 heterocycles. The van der Waals surface area contributed by atoms with Gasteiger partial charge in [0, 0.05) is 0 Å². The summed E-state index contributed by atoms with van der Waals surface area (Å²) in [5.41, 5.74) is -0.753. The van der Waals surface area contributed by atoms with Gasteiger partial charge >= 0.3 is 5.97 Å². The molecule has 0 aromatic heterocycles. The van der Waals surface area contributed by atoms with Crippen molar-refractivity contribution < 1.29 is 14.3 Å². The summed E-state index contributed by atoms with van der Waals surface area (Å²) in [5.74, 6) is -1.05. The average Bonchev–Trinajstić information content (AvgIpc) is 2.43. The number of carboxylic acids is 1. The number of halogens is 1. The van der Waals surface area contributed by atoms with Crippen LogP contribution in [0, 0.1) is 23.1 Å². The van der Waals surface area contributed by atoms with Crippen molar-refractivity contribution in [3.05, 3.63) is 29.6 Å². The fraction of sp³-hybridized carbons (Fsp3) is 0.467. The normalized spacial score (nSPS) is 25.8. The summed E-state index contributed by atoms with van der Waals surface area (Å²) >= 11 is 0. The standard InChI is InChI=1S/C15H17FN2O2/c1-10-4-6-15(7-5-10,14(19)20)18-13-3-2-11(9-17)8-12(13)16/h2-3,8,10,18H,4-7H2,1H3,(H,19,20). The van der Waals surface area contributed by atoms with Crippen molar-refractivity contribution in [2.75, 3.05) is 5.32 Å². The Morgan fingerprint density at radius 3 is 2.65 bits per heavy atom. The van der Waals surface area contributed by atoms with Gasteiger partial charge in [-0.05, 0) is 49.8 Å². The third kappa shape index (κ3) is 2.74. The van der Waals surface area contributed by atoms with Crippen LogP contribution in [0.25, 0.3) is 0 Å². The molecule has 5 heteroatoms. The molecule has 1 aliphatic carbocycles. The van der Waals surface area contributed by atoms with Crippen LogP contribution in [0.15, 0.2) is 18.2 Å². The third-order valence-electron chi connectivity index (χ3n) is 4.01. The van der Waals surface area contributed by atoms with Gasteiger partial charge in [0.25, 0.3) is 0 Å². The molecule has 1 fully saturated rings. The predicted octanol–water partition coefficient (Wildman–Crippen LogP) is 3.14. The van der Waals surface area contributed by atoms with Crippen LogP contribution in [0.5, 0.6) is 0 Å². The van der Waals surface area contributed by atoms with Crippen molar-refractivity contribution in [3.63, 3.8) is 0 Å². The van der Waals surface area contributed by atoms with Crippen LogP contribution in [-0.2, 0) is 4.79 Å². The van der Waals surface area contributed by atoms with Crippen molar-refractivity contribution in [2.45, 2.75) is 38.1 Å². The third-order valence-corrected chi connectivity index (χ3v) is 4.01. The van der Waals surface area contributed by atoms with E-state index in [0.717, 1.165) is 18.9 Å². The summed E-state index contributed by atoms with van der Waals surface area (Å²) in [6.45, 7) is 2.09. The van der Waals surface area contributed by atoms with Crippen LogP contribution in [-0.4, -0.2) is 16.6 Å². The van der Waals surface area contributed by atoms with Crippen LogP contribution in [0.2, 0.25) is 0 Å². The highest BCUT2D eigenvalue weighted by Gasteiger charge is 2.41. The lowest BCUT2D eigenvalue weighted by Gasteiger charge is -2.37. The van der Waals surface area contributed by atoms with Crippen LogP contribution in [0.4, 0.5) is 10.1 Å². The summed E-state index contributed by atoms with van der Waals surface area (Å²) in [6.07, 6.45) is 2.56. The highest BCUT2D eigenvalue weighted by atomic mass is 19.1. The zero-order chi connectivity index (χ0) is 14.8. The second kappa shape index (κ2) is 5.49. The predicted molar refractivity (Wildman–Crippen MR) is 72.7 cm³/mol. The van der Waals surface area contributed by atoms with Gasteiger partial charge < -0.3 is 10.4 Å². The lowest BCUT2D eigenvalue weighted by Crippen LogP contribution is -2.49. The maximum absolute atomic E-state index is 13.9.